The summed E-state index contributed by atoms with van der Waals surface area (Å²) in [5.74, 6) is 0. The van der Waals surface area contributed by atoms with Gasteiger partial charge < -0.3 is 5.32 Å². The SMILES string of the molecule is Clc1cc(Cl)cc(CNC2CCCc3sccc32)c1. The lowest BCUT2D eigenvalue weighted by molar-refractivity contribution is 0.463. The van der Waals surface area contributed by atoms with Gasteiger partial charge in [-0.3, -0.25) is 0 Å². The second kappa shape index (κ2) is 5.84. The molecule has 1 unspecified atom stereocenters. The van der Waals surface area contributed by atoms with E-state index in [1.807, 2.05) is 23.5 Å². The molecule has 0 spiro atoms. The summed E-state index contributed by atoms with van der Waals surface area (Å²) in [4.78, 5) is 1.54. The van der Waals surface area contributed by atoms with Crippen LogP contribution in [-0.2, 0) is 13.0 Å². The van der Waals surface area contributed by atoms with E-state index in [0.717, 1.165) is 12.1 Å². The van der Waals surface area contributed by atoms with Crippen LogP contribution >= 0.6 is 34.5 Å². The molecular formula is C15H15Cl2NS. The van der Waals surface area contributed by atoms with Crippen molar-refractivity contribution in [2.45, 2.75) is 31.8 Å². The summed E-state index contributed by atoms with van der Waals surface area (Å²) in [5, 5.41) is 7.22. The Hall–Kier alpha value is -0.540. The molecule has 2 aromatic rings. The van der Waals surface area contributed by atoms with Crippen LogP contribution in [0.4, 0.5) is 0 Å². The number of benzene rings is 1. The predicted molar refractivity (Wildman–Crippen MR) is 83.3 cm³/mol. The largest absolute Gasteiger partial charge is 0.306 e. The highest BCUT2D eigenvalue weighted by atomic mass is 35.5. The number of thiophene rings is 1. The van der Waals surface area contributed by atoms with Crippen LogP contribution in [0.1, 0.15) is 34.9 Å². The minimum absolute atomic E-state index is 0.466. The summed E-state index contributed by atoms with van der Waals surface area (Å²) in [6, 6.07) is 8.43. The van der Waals surface area contributed by atoms with Gasteiger partial charge in [-0.1, -0.05) is 23.2 Å². The maximum atomic E-state index is 6.02. The van der Waals surface area contributed by atoms with Crippen molar-refractivity contribution in [3.63, 3.8) is 0 Å². The monoisotopic (exact) mass is 311 g/mol. The van der Waals surface area contributed by atoms with E-state index in [2.05, 4.69) is 16.8 Å². The van der Waals surface area contributed by atoms with Crippen LogP contribution in [0.15, 0.2) is 29.6 Å². The van der Waals surface area contributed by atoms with Gasteiger partial charge in [0.2, 0.25) is 0 Å². The third kappa shape index (κ3) is 3.14. The molecule has 0 saturated carbocycles. The molecule has 1 atom stereocenters. The van der Waals surface area contributed by atoms with Crippen LogP contribution in [0.3, 0.4) is 0 Å². The maximum absolute atomic E-state index is 6.02. The Bertz CT molecular complexity index is 559. The summed E-state index contributed by atoms with van der Waals surface area (Å²) in [7, 11) is 0. The first kappa shape index (κ1) is 13.4. The molecule has 0 saturated heterocycles. The molecule has 1 aliphatic carbocycles. The summed E-state index contributed by atoms with van der Waals surface area (Å²) in [5.41, 5.74) is 2.62. The van der Waals surface area contributed by atoms with E-state index in [9.17, 15) is 0 Å². The number of halogens is 2. The van der Waals surface area contributed by atoms with Crippen LogP contribution in [0.25, 0.3) is 0 Å². The molecule has 1 nitrogen and oxygen atoms in total. The smallest absolute Gasteiger partial charge is 0.0424 e. The zero-order valence-electron chi connectivity index (χ0n) is 10.5. The number of hydrogen-bond acceptors (Lipinski definition) is 2. The fourth-order valence-corrected chi connectivity index (χ4v) is 4.21. The van der Waals surface area contributed by atoms with Crippen LogP contribution in [0.5, 0.6) is 0 Å². The molecule has 4 heteroatoms. The standard InChI is InChI=1S/C15H15Cl2NS/c16-11-6-10(7-12(17)8-11)9-18-14-2-1-3-15-13(14)4-5-19-15/h4-8,14,18H,1-3,9H2. The molecule has 0 bridgehead atoms. The molecule has 0 radical (unpaired) electrons. The van der Waals surface area contributed by atoms with E-state index in [-0.39, 0.29) is 0 Å². The summed E-state index contributed by atoms with van der Waals surface area (Å²) >= 11 is 13.9. The van der Waals surface area contributed by atoms with E-state index >= 15 is 0 Å². The van der Waals surface area contributed by atoms with Gasteiger partial charge in [0.15, 0.2) is 0 Å². The number of aryl methyl sites for hydroxylation is 1. The first-order valence-electron chi connectivity index (χ1n) is 6.47. The topological polar surface area (TPSA) is 12.0 Å². The Kier molecular flexibility index (Phi) is 4.13. The Morgan fingerprint density at radius 2 is 2.00 bits per heavy atom. The zero-order valence-corrected chi connectivity index (χ0v) is 12.8. The van der Waals surface area contributed by atoms with Crippen LogP contribution in [0, 0.1) is 0 Å². The number of hydrogen-bond donors (Lipinski definition) is 1. The van der Waals surface area contributed by atoms with Crippen LogP contribution in [0.2, 0.25) is 10.0 Å². The van der Waals surface area contributed by atoms with Gasteiger partial charge >= 0.3 is 0 Å². The molecule has 1 aliphatic rings. The van der Waals surface area contributed by atoms with Gasteiger partial charge in [0, 0.05) is 27.5 Å². The van der Waals surface area contributed by atoms with E-state index in [0.29, 0.717) is 16.1 Å². The van der Waals surface area contributed by atoms with Gasteiger partial charge in [-0.05, 0) is 60.0 Å². The van der Waals surface area contributed by atoms with Gasteiger partial charge in [-0.2, -0.15) is 0 Å². The Morgan fingerprint density at radius 3 is 2.79 bits per heavy atom. The third-order valence-electron chi connectivity index (χ3n) is 3.53. The molecule has 0 amide bonds. The molecule has 100 valence electrons. The van der Waals surface area contributed by atoms with Crippen molar-refractivity contribution in [3.8, 4) is 0 Å². The molecule has 0 fully saturated rings. The van der Waals surface area contributed by atoms with Gasteiger partial charge in [0.05, 0.1) is 0 Å². The first-order valence-corrected chi connectivity index (χ1v) is 8.10. The van der Waals surface area contributed by atoms with Gasteiger partial charge in [0.25, 0.3) is 0 Å². The minimum Gasteiger partial charge on any atom is -0.306 e. The fraction of sp³-hybridized carbons (Fsp3) is 0.333. The summed E-state index contributed by atoms with van der Waals surface area (Å²) in [6.45, 7) is 0.806. The Morgan fingerprint density at radius 1 is 1.21 bits per heavy atom. The Balaban J connectivity index is 1.70. The van der Waals surface area contributed by atoms with Crippen molar-refractivity contribution >= 4 is 34.5 Å². The fourth-order valence-electron chi connectivity index (χ4n) is 2.65. The van der Waals surface area contributed by atoms with Crippen LogP contribution < -0.4 is 5.32 Å². The average Bonchev–Trinajstić information content (AvgIpc) is 2.83. The maximum Gasteiger partial charge on any atom is 0.0424 e. The number of rotatable bonds is 3. The quantitative estimate of drug-likeness (QED) is 0.819. The molecule has 19 heavy (non-hydrogen) atoms. The molecule has 0 aliphatic heterocycles. The normalized spacial score (nSPS) is 18.3. The van der Waals surface area contributed by atoms with Crippen molar-refractivity contribution in [3.05, 3.63) is 55.7 Å². The van der Waals surface area contributed by atoms with Crippen molar-refractivity contribution in [2.24, 2.45) is 0 Å². The average molecular weight is 312 g/mol. The molecular weight excluding hydrogens is 297 g/mol. The summed E-state index contributed by atoms with van der Waals surface area (Å²) < 4.78 is 0. The Labute approximate surface area is 127 Å². The number of nitrogens with one attached hydrogen (secondary N) is 1. The molecule has 3 rings (SSSR count). The van der Waals surface area contributed by atoms with Crippen molar-refractivity contribution in [1.29, 1.82) is 0 Å². The van der Waals surface area contributed by atoms with Gasteiger partial charge in [-0.15, -0.1) is 11.3 Å². The van der Waals surface area contributed by atoms with Crippen molar-refractivity contribution in [1.82, 2.24) is 5.32 Å². The second-order valence-corrected chi connectivity index (χ2v) is 6.78. The van der Waals surface area contributed by atoms with Crippen molar-refractivity contribution < 1.29 is 0 Å². The highest BCUT2D eigenvalue weighted by Crippen LogP contribution is 2.33. The molecule has 1 aromatic carbocycles. The van der Waals surface area contributed by atoms with Crippen molar-refractivity contribution in [2.75, 3.05) is 0 Å². The van der Waals surface area contributed by atoms with E-state index in [1.165, 1.54) is 29.7 Å². The van der Waals surface area contributed by atoms with E-state index in [1.54, 1.807) is 6.07 Å². The lowest BCUT2D eigenvalue weighted by Gasteiger charge is -2.24. The third-order valence-corrected chi connectivity index (χ3v) is 4.96. The van der Waals surface area contributed by atoms with E-state index in [4.69, 9.17) is 23.2 Å². The molecule has 1 aromatic heterocycles. The zero-order chi connectivity index (χ0) is 13.2. The van der Waals surface area contributed by atoms with Gasteiger partial charge in [-0.25, -0.2) is 0 Å². The molecule has 1 heterocycles. The summed E-state index contributed by atoms with van der Waals surface area (Å²) in [6.07, 6.45) is 3.70. The number of fused-ring (bicyclic) bond motifs is 1. The van der Waals surface area contributed by atoms with Crippen LogP contribution in [-0.4, -0.2) is 0 Å². The van der Waals surface area contributed by atoms with E-state index < -0.39 is 0 Å². The van der Waals surface area contributed by atoms with Gasteiger partial charge in [0.1, 0.15) is 0 Å². The first-order chi connectivity index (χ1) is 9.22. The lowest BCUT2D eigenvalue weighted by atomic mass is 9.94. The second-order valence-electron chi connectivity index (χ2n) is 4.90. The predicted octanol–water partition coefficient (Wildman–Crippen LogP) is 5.22. The minimum atomic E-state index is 0.466. The lowest BCUT2D eigenvalue weighted by Crippen LogP contribution is -2.23. The highest BCUT2D eigenvalue weighted by Gasteiger charge is 2.20. The molecule has 1 N–H and O–H groups in total. The highest BCUT2D eigenvalue weighted by molar-refractivity contribution is 7.10.